The van der Waals surface area contributed by atoms with Gasteiger partial charge in [-0.05, 0) is 33.6 Å². The summed E-state index contributed by atoms with van der Waals surface area (Å²) in [6.07, 6.45) is 0.662. The molecule has 1 heterocycles. The summed E-state index contributed by atoms with van der Waals surface area (Å²) in [5, 5.41) is 2.37. The minimum Gasteiger partial charge on any atom is -0.444 e. The van der Waals surface area contributed by atoms with Crippen molar-refractivity contribution in [2.45, 2.75) is 45.3 Å². The van der Waals surface area contributed by atoms with Gasteiger partial charge < -0.3 is 20.7 Å². The standard InChI is InChI=1S/C12H21N3O4/c1-12(2,3)19-11(18)14-7-9(16)15-6-4-5-8(15)10(13)17/h8H,4-7H2,1-3H3,(H2,13,17)(H,14,18). The van der Waals surface area contributed by atoms with Crippen molar-refractivity contribution in [3.05, 3.63) is 0 Å². The molecule has 19 heavy (non-hydrogen) atoms. The van der Waals surface area contributed by atoms with Crippen LogP contribution in [0.3, 0.4) is 0 Å². The summed E-state index contributed by atoms with van der Waals surface area (Å²) in [5.41, 5.74) is 4.61. The maximum Gasteiger partial charge on any atom is 0.408 e. The molecule has 0 bridgehead atoms. The zero-order valence-electron chi connectivity index (χ0n) is 11.6. The number of nitrogens with zero attached hydrogens (tertiary/aromatic N) is 1. The third kappa shape index (κ3) is 4.76. The minimum atomic E-state index is -0.657. The van der Waals surface area contributed by atoms with E-state index >= 15 is 0 Å². The van der Waals surface area contributed by atoms with E-state index in [-0.39, 0.29) is 12.5 Å². The number of hydrogen-bond acceptors (Lipinski definition) is 4. The van der Waals surface area contributed by atoms with Gasteiger partial charge in [-0.25, -0.2) is 4.79 Å². The molecular weight excluding hydrogens is 250 g/mol. The molecule has 1 rings (SSSR count). The normalized spacial score (nSPS) is 19.1. The Hall–Kier alpha value is -1.79. The fraction of sp³-hybridized carbons (Fsp3) is 0.750. The Morgan fingerprint density at radius 1 is 1.37 bits per heavy atom. The van der Waals surface area contributed by atoms with Gasteiger partial charge in [0.05, 0.1) is 0 Å². The Labute approximate surface area is 112 Å². The van der Waals surface area contributed by atoms with E-state index in [0.717, 1.165) is 6.42 Å². The van der Waals surface area contributed by atoms with Crippen molar-refractivity contribution in [1.29, 1.82) is 0 Å². The first-order valence-electron chi connectivity index (χ1n) is 6.26. The summed E-state index contributed by atoms with van der Waals surface area (Å²) in [5.74, 6) is -0.838. The molecular formula is C12H21N3O4. The molecule has 1 atom stereocenters. The van der Waals surface area contributed by atoms with Crippen molar-refractivity contribution in [3.63, 3.8) is 0 Å². The number of hydrogen-bond donors (Lipinski definition) is 2. The first-order valence-corrected chi connectivity index (χ1v) is 6.26. The predicted octanol–water partition coefficient (Wildman–Crippen LogP) is -0.0126. The number of rotatable bonds is 3. The third-order valence-corrected chi connectivity index (χ3v) is 2.68. The number of nitrogens with two attached hydrogens (primary N) is 1. The van der Waals surface area contributed by atoms with E-state index in [0.29, 0.717) is 13.0 Å². The van der Waals surface area contributed by atoms with Crippen molar-refractivity contribution in [2.75, 3.05) is 13.1 Å². The van der Waals surface area contributed by atoms with E-state index in [1.807, 2.05) is 0 Å². The first-order chi connectivity index (χ1) is 8.70. The molecule has 1 aliphatic rings. The number of amides is 3. The largest absolute Gasteiger partial charge is 0.444 e. The Kier molecular flexibility index (Phi) is 4.74. The molecule has 1 saturated heterocycles. The molecule has 3 amide bonds. The molecule has 1 unspecified atom stereocenters. The van der Waals surface area contributed by atoms with Gasteiger partial charge in [0.2, 0.25) is 11.8 Å². The molecule has 0 aromatic heterocycles. The highest BCUT2D eigenvalue weighted by atomic mass is 16.6. The highest BCUT2D eigenvalue weighted by molar-refractivity contribution is 5.89. The van der Waals surface area contributed by atoms with E-state index < -0.39 is 23.6 Å². The van der Waals surface area contributed by atoms with Crippen LogP contribution >= 0.6 is 0 Å². The molecule has 1 fully saturated rings. The van der Waals surface area contributed by atoms with Gasteiger partial charge in [0.25, 0.3) is 0 Å². The van der Waals surface area contributed by atoms with Gasteiger partial charge in [0.15, 0.2) is 0 Å². The van der Waals surface area contributed by atoms with Gasteiger partial charge in [0.1, 0.15) is 18.2 Å². The van der Waals surface area contributed by atoms with E-state index in [1.54, 1.807) is 20.8 Å². The number of carbonyl (C=O) groups is 3. The van der Waals surface area contributed by atoms with Crippen molar-refractivity contribution in [2.24, 2.45) is 5.73 Å². The summed E-state index contributed by atoms with van der Waals surface area (Å²) in [7, 11) is 0. The van der Waals surface area contributed by atoms with E-state index in [2.05, 4.69) is 5.32 Å². The van der Waals surface area contributed by atoms with Gasteiger partial charge in [-0.15, -0.1) is 0 Å². The number of primary amides is 1. The summed E-state index contributed by atoms with van der Waals surface area (Å²) in [6, 6.07) is -0.562. The van der Waals surface area contributed by atoms with Crippen LogP contribution in [-0.2, 0) is 14.3 Å². The lowest BCUT2D eigenvalue weighted by Crippen LogP contribution is -2.48. The fourth-order valence-corrected chi connectivity index (χ4v) is 1.92. The highest BCUT2D eigenvalue weighted by Crippen LogP contribution is 2.16. The van der Waals surface area contributed by atoms with Gasteiger partial charge in [-0.2, -0.15) is 0 Å². The van der Waals surface area contributed by atoms with Gasteiger partial charge in [0, 0.05) is 6.54 Å². The van der Waals surface area contributed by atoms with Crippen LogP contribution in [0.4, 0.5) is 4.79 Å². The van der Waals surface area contributed by atoms with Crippen LogP contribution in [0.2, 0.25) is 0 Å². The van der Waals surface area contributed by atoms with E-state index in [9.17, 15) is 14.4 Å². The zero-order chi connectivity index (χ0) is 14.6. The second-order valence-electron chi connectivity index (χ2n) is 5.50. The average Bonchev–Trinajstić information content (AvgIpc) is 2.72. The lowest BCUT2D eigenvalue weighted by molar-refractivity contribution is -0.136. The van der Waals surface area contributed by atoms with Crippen LogP contribution in [0.25, 0.3) is 0 Å². The van der Waals surface area contributed by atoms with Crippen molar-refractivity contribution in [1.82, 2.24) is 10.2 Å². The second kappa shape index (κ2) is 5.90. The Morgan fingerprint density at radius 2 is 2.00 bits per heavy atom. The molecule has 0 aromatic carbocycles. The predicted molar refractivity (Wildman–Crippen MR) is 68.2 cm³/mol. The summed E-state index contributed by atoms with van der Waals surface area (Å²) >= 11 is 0. The Morgan fingerprint density at radius 3 is 2.53 bits per heavy atom. The minimum absolute atomic E-state index is 0.196. The topological polar surface area (TPSA) is 102 Å². The molecule has 3 N–H and O–H groups in total. The number of carbonyl (C=O) groups excluding carboxylic acids is 3. The summed E-state index contributed by atoms with van der Waals surface area (Å²) in [6.45, 7) is 5.50. The summed E-state index contributed by atoms with van der Waals surface area (Å²) < 4.78 is 5.01. The molecule has 0 aromatic rings. The molecule has 0 saturated carbocycles. The Balaban J connectivity index is 2.43. The maximum atomic E-state index is 11.9. The number of nitrogens with one attached hydrogen (secondary N) is 1. The fourth-order valence-electron chi connectivity index (χ4n) is 1.92. The summed E-state index contributed by atoms with van der Waals surface area (Å²) in [4.78, 5) is 35.8. The lowest BCUT2D eigenvalue weighted by Gasteiger charge is -2.23. The van der Waals surface area contributed by atoms with Crippen molar-refractivity contribution < 1.29 is 19.1 Å². The molecule has 0 aliphatic carbocycles. The van der Waals surface area contributed by atoms with Gasteiger partial charge >= 0.3 is 6.09 Å². The smallest absolute Gasteiger partial charge is 0.408 e. The molecule has 0 spiro atoms. The van der Waals surface area contributed by atoms with Crippen molar-refractivity contribution in [3.8, 4) is 0 Å². The number of likely N-dealkylation sites (tertiary alicyclic amines) is 1. The second-order valence-corrected chi connectivity index (χ2v) is 5.50. The van der Waals surface area contributed by atoms with Crippen LogP contribution in [0, 0.1) is 0 Å². The average molecular weight is 271 g/mol. The van der Waals surface area contributed by atoms with E-state index in [4.69, 9.17) is 10.5 Å². The lowest BCUT2D eigenvalue weighted by atomic mass is 10.2. The first kappa shape index (κ1) is 15.3. The van der Waals surface area contributed by atoms with Crippen molar-refractivity contribution >= 4 is 17.9 Å². The van der Waals surface area contributed by atoms with Crippen LogP contribution in [0.5, 0.6) is 0 Å². The Bertz CT molecular complexity index is 376. The van der Waals surface area contributed by atoms with Crippen LogP contribution in [-0.4, -0.2) is 47.5 Å². The van der Waals surface area contributed by atoms with Crippen LogP contribution in [0.1, 0.15) is 33.6 Å². The van der Waals surface area contributed by atoms with Gasteiger partial charge in [-0.3, -0.25) is 9.59 Å². The van der Waals surface area contributed by atoms with Crippen LogP contribution < -0.4 is 11.1 Å². The molecule has 7 heteroatoms. The molecule has 108 valence electrons. The number of alkyl carbamates (subject to hydrolysis) is 1. The van der Waals surface area contributed by atoms with Crippen LogP contribution in [0.15, 0.2) is 0 Å². The SMILES string of the molecule is CC(C)(C)OC(=O)NCC(=O)N1CCCC1C(N)=O. The highest BCUT2D eigenvalue weighted by Gasteiger charge is 2.32. The van der Waals surface area contributed by atoms with Gasteiger partial charge in [-0.1, -0.05) is 0 Å². The monoisotopic (exact) mass is 271 g/mol. The maximum absolute atomic E-state index is 11.9. The zero-order valence-corrected chi connectivity index (χ0v) is 11.6. The molecule has 1 aliphatic heterocycles. The van der Waals surface area contributed by atoms with E-state index in [1.165, 1.54) is 4.90 Å². The number of ether oxygens (including phenoxy) is 1. The third-order valence-electron chi connectivity index (χ3n) is 2.68. The molecule has 7 nitrogen and oxygen atoms in total. The quantitative estimate of drug-likeness (QED) is 0.753. The molecule has 0 radical (unpaired) electrons.